The van der Waals surface area contributed by atoms with Crippen molar-refractivity contribution < 1.29 is 10.2 Å². The molecule has 136 valence electrons. The van der Waals surface area contributed by atoms with Crippen molar-refractivity contribution in [2.45, 2.75) is 80.1 Å². The molecule has 0 aromatic carbocycles. The van der Waals surface area contributed by atoms with Crippen molar-refractivity contribution in [3.05, 3.63) is 34.9 Å². The molecule has 0 saturated carbocycles. The molecule has 0 bridgehead atoms. The van der Waals surface area contributed by atoms with Crippen molar-refractivity contribution >= 4 is 0 Å². The molecule has 23 heavy (non-hydrogen) atoms. The number of hydrogen-bond donors (Lipinski definition) is 2. The highest BCUT2D eigenvalue weighted by molar-refractivity contribution is 5.04. The fourth-order valence-electron chi connectivity index (χ4n) is 2.02. The summed E-state index contributed by atoms with van der Waals surface area (Å²) in [6, 6.07) is 0. The van der Waals surface area contributed by atoms with Crippen molar-refractivity contribution in [2.24, 2.45) is 5.92 Å². The summed E-state index contributed by atoms with van der Waals surface area (Å²) in [7, 11) is 0. The molecule has 0 spiro atoms. The van der Waals surface area contributed by atoms with Crippen LogP contribution in [0.5, 0.6) is 0 Å². The average molecular weight is 325 g/mol. The van der Waals surface area contributed by atoms with Crippen LogP contribution in [0.4, 0.5) is 0 Å². The lowest BCUT2D eigenvalue weighted by Gasteiger charge is -2.07. The van der Waals surface area contributed by atoms with Gasteiger partial charge in [0.15, 0.2) is 0 Å². The Balaban J connectivity index is 0. The third kappa shape index (κ3) is 19.1. The van der Waals surface area contributed by atoms with Gasteiger partial charge in [0.1, 0.15) is 0 Å². The SMILES string of the molecule is CC(C)=CCC=C(C)CCO.CCC(=CCC(C)CCO)CC. The van der Waals surface area contributed by atoms with Crippen molar-refractivity contribution in [3.63, 3.8) is 0 Å². The van der Waals surface area contributed by atoms with E-state index in [2.05, 4.69) is 59.8 Å². The summed E-state index contributed by atoms with van der Waals surface area (Å²) in [4.78, 5) is 0. The minimum atomic E-state index is 0.261. The summed E-state index contributed by atoms with van der Waals surface area (Å²) >= 11 is 0. The molecule has 0 aromatic heterocycles. The van der Waals surface area contributed by atoms with E-state index < -0.39 is 0 Å². The Kier molecular flexibility index (Phi) is 18.6. The molecule has 2 heteroatoms. The Bertz CT molecular complexity index is 341. The highest BCUT2D eigenvalue weighted by Gasteiger charge is 1.98. The van der Waals surface area contributed by atoms with Gasteiger partial charge in [-0.2, -0.15) is 0 Å². The maximum Gasteiger partial charge on any atom is 0.0468 e. The van der Waals surface area contributed by atoms with Gasteiger partial charge in [-0.1, -0.05) is 55.7 Å². The molecule has 0 amide bonds. The van der Waals surface area contributed by atoms with Crippen LogP contribution >= 0.6 is 0 Å². The lowest BCUT2D eigenvalue weighted by Crippen LogP contribution is -1.96. The first kappa shape index (κ1) is 24.4. The molecule has 0 aliphatic carbocycles. The molecule has 0 aromatic rings. The Morgan fingerprint density at radius 3 is 1.96 bits per heavy atom. The first-order chi connectivity index (χ1) is 10.9. The second-order valence-electron chi connectivity index (χ2n) is 6.46. The average Bonchev–Trinajstić information content (AvgIpc) is 2.49. The van der Waals surface area contributed by atoms with Gasteiger partial charge >= 0.3 is 0 Å². The first-order valence-electron chi connectivity index (χ1n) is 9.09. The smallest absolute Gasteiger partial charge is 0.0468 e. The van der Waals surface area contributed by atoms with E-state index in [1.165, 1.54) is 24.0 Å². The van der Waals surface area contributed by atoms with E-state index >= 15 is 0 Å². The molecule has 1 unspecified atom stereocenters. The van der Waals surface area contributed by atoms with Crippen LogP contribution in [0.25, 0.3) is 0 Å². The second-order valence-corrected chi connectivity index (χ2v) is 6.46. The summed E-state index contributed by atoms with van der Waals surface area (Å²) < 4.78 is 0. The highest BCUT2D eigenvalue weighted by atomic mass is 16.3. The van der Waals surface area contributed by atoms with Gasteiger partial charge < -0.3 is 10.2 Å². The lowest BCUT2D eigenvalue weighted by atomic mass is 10.0. The maximum absolute atomic E-state index is 8.70. The normalized spacial score (nSPS) is 12.1. The summed E-state index contributed by atoms with van der Waals surface area (Å²) in [6.45, 7) is 13.4. The third-order valence-corrected chi connectivity index (χ3v) is 3.84. The van der Waals surface area contributed by atoms with Crippen molar-refractivity contribution in [2.75, 3.05) is 13.2 Å². The molecular weight excluding hydrogens is 284 g/mol. The zero-order valence-corrected chi connectivity index (χ0v) is 16.4. The van der Waals surface area contributed by atoms with Crippen LogP contribution < -0.4 is 0 Å². The highest BCUT2D eigenvalue weighted by Crippen LogP contribution is 2.13. The van der Waals surface area contributed by atoms with Crippen LogP contribution in [0, 0.1) is 5.92 Å². The minimum absolute atomic E-state index is 0.261. The van der Waals surface area contributed by atoms with Crippen molar-refractivity contribution in [1.82, 2.24) is 0 Å². The molecule has 0 heterocycles. The zero-order valence-electron chi connectivity index (χ0n) is 16.4. The van der Waals surface area contributed by atoms with Gasteiger partial charge in [0.25, 0.3) is 0 Å². The third-order valence-electron chi connectivity index (χ3n) is 3.84. The number of aliphatic hydroxyl groups excluding tert-OH is 2. The molecule has 0 saturated heterocycles. The number of rotatable bonds is 10. The van der Waals surface area contributed by atoms with Crippen molar-refractivity contribution in [1.29, 1.82) is 0 Å². The molecule has 0 aliphatic rings. The van der Waals surface area contributed by atoms with Gasteiger partial charge in [-0.05, 0) is 65.2 Å². The first-order valence-corrected chi connectivity index (χ1v) is 9.09. The molecule has 1 atom stereocenters. The van der Waals surface area contributed by atoms with Crippen LogP contribution in [0.1, 0.15) is 80.1 Å². The largest absolute Gasteiger partial charge is 0.396 e. The van der Waals surface area contributed by atoms with E-state index in [0.29, 0.717) is 12.5 Å². The fourth-order valence-corrected chi connectivity index (χ4v) is 2.02. The van der Waals surface area contributed by atoms with Crippen LogP contribution in [0.3, 0.4) is 0 Å². The van der Waals surface area contributed by atoms with Gasteiger partial charge in [0.2, 0.25) is 0 Å². The van der Waals surface area contributed by atoms with Gasteiger partial charge in [0.05, 0.1) is 0 Å². The van der Waals surface area contributed by atoms with E-state index in [0.717, 1.165) is 25.7 Å². The minimum Gasteiger partial charge on any atom is -0.396 e. The van der Waals surface area contributed by atoms with Crippen LogP contribution in [-0.4, -0.2) is 23.4 Å². The van der Waals surface area contributed by atoms with E-state index in [-0.39, 0.29) is 6.61 Å². The molecule has 0 aliphatic heterocycles. The summed E-state index contributed by atoms with van der Waals surface area (Å²) in [5, 5.41) is 17.3. The predicted octanol–water partition coefficient (Wildman–Crippen LogP) is 5.81. The molecule has 0 radical (unpaired) electrons. The van der Waals surface area contributed by atoms with Crippen LogP contribution in [-0.2, 0) is 0 Å². The second kappa shape index (κ2) is 17.5. The number of allylic oxidation sites excluding steroid dienone is 5. The molecule has 0 rings (SSSR count). The summed E-state index contributed by atoms with van der Waals surface area (Å²) in [5.41, 5.74) is 4.16. The van der Waals surface area contributed by atoms with Crippen LogP contribution in [0.15, 0.2) is 34.9 Å². The predicted molar refractivity (Wildman–Crippen MR) is 104 cm³/mol. The molecule has 2 nitrogen and oxygen atoms in total. The van der Waals surface area contributed by atoms with Gasteiger partial charge in [-0.3, -0.25) is 0 Å². The van der Waals surface area contributed by atoms with E-state index in [4.69, 9.17) is 10.2 Å². The lowest BCUT2D eigenvalue weighted by molar-refractivity contribution is 0.263. The monoisotopic (exact) mass is 324 g/mol. The number of hydrogen-bond acceptors (Lipinski definition) is 2. The standard InChI is InChI=1S/C11H22O.C10H18O/c1-4-11(5-2)7-6-10(3)8-9-12;1-9(2)5-4-6-10(3)7-8-11/h7,10,12H,4-6,8-9H2,1-3H3;5-6,11H,4,7-8H2,1-3H3. The Hall–Kier alpha value is -0.860. The summed E-state index contributed by atoms with van der Waals surface area (Å²) in [6.07, 6.45) is 12.9. The Morgan fingerprint density at radius 1 is 0.913 bits per heavy atom. The fraction of sp³-hybridized carbons (Fsp3) is 0.714. The van der Waals surface area contributed by atoms with Gasteiger partial charge in [-0.25, -0.2) is 0 Å². The Morgan fingerprint density at radius 2 is 1.52 bits per heavy atom. The van der Waals surface area contributed by atoms with Crippen molar-refractivity contribution in [3.8, 4) is 0 Å². The topological polar surface area (TPSA) is 40.5 Å². The summed E-state index contributed by atoms with van der Waals surface area (Å²) in [5.74, 6) is 0.628. The number of aliphatic hydroxyl groups is 2. The molecule has 2 N–H and O–H groups in total. The van der Waals surface area contributed by atoms with E-state index in [9.17, 15) is 0 Å². The van der Waals surface area contributed by atoms with E-state index in [1.54, 1.807) is 5.57 Å². The zero-order chi connectivity index (χ0) is 18.1. The Labute approximate surface area is 145 Å². The molecular formula is C21H40O2. The van der Waals surface area contributed by atoms with Crippen LogP contribution in [0.2, 0.25) is 0 Å². The quantitative estimate of drug-likeness (QED) is 0.498. The van der Waals surface area contributed by atoms with Gasteiger partial charge in [0, 0.05) is 13.2 Å². The van der Waals surface area contributed by atoms with E-state index in [1.807, 2.05) is 0 Å². The van der Waals surface area contributed by atoms with Gasteiger partial charge in [-0.15, -0.1) is 0 Å². The maximum atomic E-state index is 8.70. The molecule has 0 fully saturated rings.